The second-order valence-electron chi connectivity index (χ2n) is 7.15. The van der Waals surface area contributed by atoms with E-state index < -0.39 is 38.5 Å². The summed E-state index contributed by atoms with van der Waals surface area (Å²) < 4.78 is 30.1. The van der Waals surface area contributed by atoms with Gasteiger partial charge in [0.1, 0.15) is 16.2 Å². The predicted octanol–water partition coefficient (Wildman–Crippen LogP) is 3.03. The number of benzene rings is 3. The molecule has 1 aliphatic heterocycles. The maximum absolute atomic E-state index is 13.0. The van der Waals surface area contributed by atoms with Gasteiger partial charge in [0.05, 0.1) is 10.6 Å². The van der Waals surface area contributed by atoms with Crippen molar-refractivity contribution >= 4 is 45.4 Å². The summed E-state index contributed by atoms with van der Waals surface area (Å²) in [6.07, 6.45) is 1.17. The monoisotopic (exact) mass is 493 g/mol. The number of non-ortho nitro benzene ring substituents is 1. The molecule has 1 fully saturated rings. The van der Waals surface area contributed by atoms with Gasteiger partial charge in [-0.15, -0.1) is 0 Å². The molecule has 1 heterocycles. The minimum atomic E-state index is -4.11. The summed E-state index contributed by atoms with van der Waals surface area (Å²) in [4.78, 5) is 48.5. The fourth-order valence-electron chi connectivity index (χ4n) is 3.20. The number of amides is 4. The van der Waals surface area contributed by atoms with E-state index in [1.807, 2.05) is 5.32 Å². The number of hydrogen-bond acceptors (Lipinski definition) is 8. The molecule has 11 nitrogen and oxygen atoms in total. The Morgan fingerprint density at radius 1 is 0.914 bits per heavy atom. The average molecular weight is 493 g/mol. The third-order valence-corrected chi connectivity index (χ3v) is 6.09. The van der Waals surface area contributed by atoms with Gasteiger partial charge in [0, 0.05) is 12.1 Å². The van der Waals surface area contributed by atoms with Crippen molar-refractivity contribution in [1.82, 2.24) is 5.32 Å². The third kappa shape index (κ3) is 4.91. The summed E-state index contributed by atoms with van der Waals surface area (Å²) in [5.74, 6) is -1.98. The standard InChI is InChI=1S/C23H15N3O8S/c27-21-20(22(28)25(23(29)24-21)16-9-11-17(12-10-16)26(30)31)14-15-5-4-6-18(13-15)34-35(32,33)19-7-2-1-3-8-19/h1-14H,(H,24,27,29)/b20-14-. The van der Waals surface area contributed by atoms with Crippen LogP contribution in [0.2, 0.25) is 0 Å². The van der Waals surface area contributed by atoms with Crippen molar-refractivity contribution in [3.05, 3.63) is 100 Å². The Hall–Kier alpha value is -4.84. The van der Waals surface area contributed by atoms with Crippen LogP contribution in [0.1, 0.15) is 5.56 Å². The van der Waals surface area contributed by atoms with Crippen molar-refractivity contribution in [2.24, 2.45) is 0 Å². The van der Waals surface area contributed by atoms with Gasteiger partial charge >= 0.3 is 16.1 Å². The molecule has 1 N–H and O–H groups in total. The molecule has 1 aliphatic rings. The van der Waals surface area contributed by atoms with Gasteiger partial charge in [0.2, 0.25) is 0 Å². The Kier molecular flexibility index (Phi) is 6.12. The highest BCUT2D eigenvalue weighted by atomic mass is 32.2. The van der Waals surface area contributed by atoms with Crippen molar-refractivity contribution in [3.63, 3.8) is 0 Å². The third-order valence-electron chi connectivity index (χ3n) is 4.83. The number of rotatable bonds is 6. The number of nitro benzene ring substituents is 1. The minimum Gasteiger partial charge on any atom is -0.379 e. The topological polar surface area (TPSA) is 153 Å². The van der Waals surface area contributed by atoms with Gasteiger partial charge in [-0.05, 0) is 48.0 Å². The zero-order chi connectivity index (χ0) is 25.2. The van der Waals surface area contributed by atoms with Crippen LogP contribution in [0.25, 0.3) is 6.08 Å². The molecule has 3 aromatic carbocycles. The number of nitrogens with one attached hydrogen (secondary N) is 1. The van der Waals surface area contributed by atoms with Gasteiger partial charge in [-0.1, -0.05) is 30.3 Å². The Labute approximate surface area is 198 Å². The first-order chi connectivity index (χ1) is 16.7. The molecule has 4 rings (SSSR count). The molecule has 4 amide bonds. The fraction of sp³-hybridized carbons (Fsp3) is 0. The minimum absolute atomic E-state index is 0.0162. The van der Waals surface area contributed by atoms with Crippen molar-refractivity contribution in [2.45, 2.75) is 4.90 Å². The van der Waals surface area contributed by atoms with Gasteiger partial charge in [-0.2, -0.15) is 8.42 Å². The summed E-state index contributed by atoms with van der Waals surface area (Å²) >= 11 is 0. The smallest absolute Gasteiger partial charge is 0.339 e. The Morgan fingerprint density at radius 3 is 2.26 bits per heavy atom. The zero-order valence-electron chi connectivity index (χ0n) is 17.7. The number of hydrogen-bond donors (Lipinski definition) is 1. The highest BCUT2D eigenvalue weighted by Gasteiger charge is 2.37. The van der Waals surface area contributed by atoms with E-state index in [0.29, 0.717) is 4.90 Å². The number of anilines is 1. The molecule has 0 aliphatic carbocycles. The van der Waals surface area contributed by atoms with E-state index in [1.54, 1.807) is 18.2 Å². The number of imide groups is 2. The predicted molar refractivity (Wildman–Crippen MR) is 123 cm³/mol. The molecule has 0 atom stereocenters. The van der Waals surface area contributed by atoms with Gasteiger partial charge in [0.15, 0.2) is 0 Å². The van der Waals surface area contributed by atoms with Gasteiger partial charge in [-0.3, -0.25) is 25.0 Å². The van der Waals surface area contributed by atoms with Crippen molar-refractivity contribution in [1.29, 1.82) is 0 Å². The Balaban J connectivity index is 1.63. The average Bonchev–Trinajstić information content (AvgIpc) is 2.82. The lowest BCUT2D eigenvalue weighted by molar-refractivity contribution is -0.384. The first-order valence-electron chi connectivity index (χ1n) is 9.91. The van der Waals surface area contributed by atoms with Crippen LogP contribution in [0, 0.1) is 10.1 Å². The molecule has 0 radical (unpaired) electrons. The van der Waals surface area contributed by atoms with Crippen LogP contribution in [-0.2, 0) is 19.7 Å². The number of nitrogens with zero attached hydrogens (tertiary/aromatic N) is 2. The van der Waals surface area contributed by atoms with E-state index >= 15 is 0 Å². The van der Waals surface area contributed by atoms with Crippen LogP contribution in [0.15, 0.2) is 89.3 Å². The van der Waals surface area contributed by atoms with Crippen molar-refractivity contribution in [3.8, 4) is 5.75 Å². The first kappa shape index (κ1) is 23.3. The number of carbonyl (C=O) groups excluding carboxylic acids is 3. The first-order valence-corrected chi connectivity index (χ1v) is 11.3. The molecule has 1 saturated heterocycles. The normalized spacial score (nSPS) is 15.1. The van der Waals surface area contributed by atoms with E-state index in [2.05, 4.69) is 0 Å². The molecule has 35 heavy (non-hydrogen) atoms. The lowest BCUT2D eigenvalue weighted by Gasteiger charge is -2.26. The van der Waals surface area contributed by atoms with Crippen LogP contribution in [0.5, 0.6) is 5.75 Å². The summed E-state index contributed by atoms with van der Waals surface area (Å²) in [6, 6.07) is 16.8. The summed E-state index contributed by atoms with van der Waals surface area (Å²) in [7, 11) is -4.11. The van der Waals surface area contributed by atoms with Crippen molar-refractivity contribution in [2.75, 3.05) is 4.90 Å². The van der Waals surface area contributed by atoms with E-state index in [9.17, 15) is 32.9 Å². The molecule has 0 aromatic heterocycles. The van der Waals surface area contributed by atoms with E-state index in [4.69, 9.17) is 4.18 Å². The highest BCUT2D eigenvalue weighted by molar-refractivity contribution is 7.87. The Morgan fingerprint density at radius 2 is 1.60 bits per heavy atom. The van der Waals surface area contributed by atoms with E-state index in [1.165, 1.54) is 54.6 Å². The van der Waals surface area contributed by atoms with Crippen LogP contribution in [0.3, 0.4) is 0 Å². The second kappa shape index (κ2) is 9.19. The molecule has 0 saturated carbocycles. The quantitative estimate of drug-likeness (QED) is 0.181. The lowest BCUT2D eigenvalue weighted by atomic mass is 10.1. The molecule has 176 valence electrons. The van der Waals surface area contributed by atoms with Crippen LogP contribution in [0.4, 0.5) is 16.2 Å². The second-order valence-corrected chi connectivity index (χ2v) is 8.70. The highest BCUT2D eigenvalue weighted by Crippen LogP contribution is 2.26. The SMILES string of the molecule is O=C1NC(=O)N(c2ccc([N+](=O)[O-])cc2)C(=O)/C1=C\c1cccc(OS(=O)(=O)c2ccccc2)c1. The van der Waals surface area contributed by atoms with E-state index in [-0.39, 0.29) is 27.6 Å². The molecule has 12 heteroatoms. The summed E-state index contributed by atoms with van der Waals surface area (Å²) in [5, 5.41) is 12.9. The maximum atomic E-state index is 13.0. The molecular formula is C23H15N3O8S. The van der Waals surface area contributed by atoms with Gasteiger partial charge in [-0.25, -0.2) is 9.69 Å². The van der Waals surface area contributed by atoms with Gasteiger partial charge < -0.3 is 4.18 Å². The van der Waals surface area contributed by atoms with Crippen molar-refractivity contribution < 1.29 is 31.9 Å². The van der Waals surface area contributed by atoms with E-state index in [0.717, 1.165) is 12.1 Å². The lowest BCUT2D eigenvalue weighted by Crippen LogP contribution is -2.54. The van der Waals surface area contributed by atoms with Crippen LogP contribution in [-0.4, -0.2) is 31.2 Å². The summed E-state index contributed by atoms with van der Waals surface area (Å²) in [6.45, 7) is 0. The fourth-order valence-corrected chi connectivity index (χ4v) is 4.14. The molecule has 0 unspecified atom stereocenters. The molecule has 0 spiro atoms. The number of barbiturate groups is 1. The number of urea groups is 1. The number of carbonyl (C=O) groups is 3. The Bertz CT molecular complexity index is 1480. The molecule has 0 bridgehead atoms. The largest absolute Gasteiger partial charge is 0.379 e. The van der Waals surface area contributed by atoms with Crippen LogP contribution < -0.4 is 14.4 Å². The summed E-state index contributed by atoms with van der Waals surface area (Å²) in [5.41, 5.74) is -0.386. The molecule has 3 aromatic rings. The zero-order valence-corrected chi connectivity index (χ0v) is 18.5. The number of nitro groups is 1. The maximum Gasteiger partial charge on any atom is 0.339 e. The van der Waals surface area contributed by atoms with Crippen LogP contribution >= 0.6 is 0 Å². The van der Waals surface area contributed by atoms with Gasteiger partial charge in [0.25, 0.3) is 17.5 Å². The molecular weight excluding hydrogens is 478 g/mol.